The second-order valence-corrected chi connectivity index (χ2v) is 13.3. The smallest absolute Gasteiger partial charge is 0.407 e. The monoisotopic (exact) mass is 767 g/mol. The van der Waals surface area contributed by atoms with E-state index in [-0.39, 0.29) is 56.4 Å². The fourth-order valence-electron chi connectivity index (χ4n) is 5.02. The largest absolute Gasteiger partial charge is 0.494 e. The number of carbonyl (C=O) groups excluding carboxylic acids is 4. The van der Waals surface area contributed by atoms with Crippen LogP contribution < -0.4 is 20.7 Å². The van der Waals surface area contributed by atoms with Crippen LogP contribution >= 0.6 is 34.4 Å². The number of thioether (sulfide) groups is 1. The predicted molar refractivity (Wildman–Crippen MR) is 190 cm³/mol. The van der Waals surface area contributed by atoms with Crippen LogP contribution in [0.15, 0.2) is 53.4 Å². The Morgan fingerprint density at radius 3 is 2.76 bits per heavy atom. The standard InChI is InChI=1S/C33H46IN5O6S/c1-4-46-32-25-13-11-14-27(18-25)44-16-9-10-17-45-33(43)36-21-30(41)39-22-26(38-29(40)20-35-32)19-28(39)31(42)37-24(3)23(2)12-7-5-6-8-15-34/h4,7,11-14,18,23-24,26,28H,1,5-6,8-10,15-17,19-22H2,2-3H3,(H,36,43)(H,37,42)(H,38,40)/b12-7-,35-32?/t23?,24?,26-,28+/m1/s1. The molecule has 1 aromatic rings. The van der Waals surface area contributed by atoms with E-state index < -0.39 is 24.1 Å². The lowest BCUT2D eigenvalue weighted by molar-refractivity contribution is -0.138. The number of nitrogens with one attached hydrogen (secondary N) is 3. The van der Waals surface area contributed by atoms with Gasteiger partial charge in [0.15, 0.2) is 0 Å². The van der Waals surface area contributed by atoms with Crippen LogP contribution in [0.3, 0.4) is 0 Å². The molecular weight excluding hydrogens is 721 g/mol. The summed E-state index contributed by atoms with van der Waals surface area (Å²) in [6.45, 7) is 8.01. The quantitative estimate of drug-likeness (QED) is 0.145. The molecular formula is C33H46IN5O6S. The first-order valence-corrected chi connectivity index (χ1v) is 18.2. The van der Waals surface area contributed by atoms with Gasteiger partial charge in [0.25, 0.3) is 0 Å². The number of hydrogen-bond acceptors (Lipinski definition) is 8. The number of halogens is 1. The minimum Gasteiger partial charge on any atom is -0.494 e. The summed E-state index contributed by atoms with van der Waals surface area (Å²) in [6, 6.07) is 5.98. The zero-order valence-electron chi connectivity index (χ0n) is 26.7. The van der Waals surface area contributed by atoms with Gasteiger partial charge in [0.05, 0.1) is 13.2 Å². The van der Waals surface area contributed by atoms with E-state index in [0.717, 1.165) is 22.8 Å². The molecule has 46 heavy (non-hydrogen) atoms. The molecule has 1 fully saturated rings. The molecule has 4 amide bonds. The molecule has 1 aromatic carbocycles. The Bertz CT molecular complexity index is 1260. The highest BCUT2D eigenvalue weighted by molar-refractivity contribution is 14.1. The van der Waals surface area contributed by atoms with E-state index in [2.05, 4.69) is 62.3 Å². The van der Waals surface area contributed by atoms with Crippen molar-refractivity contribution in [3.63, 3.8) is 0 Å². The molecule has 0 aliphatic carbocycles. The summed E-state index contributed by atoms with van der Waals surface area (Å²) in [6.07, 6.45) is 8.31. The van der Waals surface area contributed by atoms with E-state index in [1.807, 2.05) is 38.1 Å². The van der Waals surface area contributed by atoms with E-state index in [1.54, 1.807) is 5.41 Å². The second kappa shape index (κ2) is 20.2. The highest BCUT2D eigenvalue weighted by Crippen LogP contribution is 2.22. The number of ether oxygens (including phenoxy) is 2. The summed E-state index contributed by atoms with van der Waals surface area (Å²) in [5, 5.41) is 10.8. The van der Waals surface area contributed by atoms with Crippen molar-refractivity contribution in [2.75, 3.05) is 37.3 Å². The Hall–Kier alpha value is -3.07. The average molecular weight is 768 g/mol. The van der Waals surface area contributed by atoms with Crippen molar-refractivity contribution >= 4 is 63.2 Å². The Labute approximate surface area is 289 Å². The maximum absolute atomic E-state index is 13.5. The Morgan fingerprint density at radius 2 is 2.00 bits per heavy atom. The lowest BCUT2D eigenvalue weighted by Crippen LogP contribution is -2.51. The molecule has 0 spiro atoms. The minimum absolute atomic E-state index is 0.0918. The zero-order chi connectivity index (χ0) is 33.3. The van der Waals surface area contributed by atoms with Crippen LogP contribution in [-0.2, 0) is 19.1 Å². The van der Waals surface area contributed by atoms with Gasteiger partial charge in [-0.15, -0.1) is 0 Å². The van der Waals surface area contributed by atoms with Crippen LogP contribution in [0.4, 0.5) is 4.79 Å². The molecule has 3 rings (SSSR count). The third-order valence-corrected chi connectivity index (χ3v) is 9.23. The van der Waals surface area contributed by atoms with E-state index in [9.17, 15) is 19.2 Å². The molecule has 0 aromatic heterocycles. The number of cyclic esters (lactones) is 1. The van der Waals surface area contributed by atoms with Crippen molar-refractivity contribution in [1.82, 2.24) is 20.9 Å². The Balaban J connectivity index is 1.75. The van der Waals surface area contributed by atoms with Gasteiger partial charge >= 0.3 is 6.09 Å². The lowest BCUT2D eigenvalue weighted by Gasteiger charge is -2.26. The van der Waals surface area contributed by atoms with Crippen molar-refractivity contribution in [1.29, 1.82) is 0 Å². The second-order valence-electron chi connectivity index (χ2n) is 11.3. The molecule has 3 N–H and O–H groups in total. The molecule has 2 aliphatic rings. The van der Waals surface area contributed by atoms with Crippen molar-refractivity contribution in [2.24, 2.45) is 10.9 Å². The molecule has 0 saturated carbocycles. The average Bonchev–Trinajstić information content (AvgIpc) is 3.46. The fourth-order valence-corrected chi connectivity index (χ4v) is 6.12. The molecule has 0 radical (unpaired) electrons. The van der Waals surface area contributed by atoms with E-state index in [0.29, 0.717) is 30.2 Å². The number of hydrogen-bond donors (Lipinski definition) is 3. The fraction of sp³-hybridized carbons (Fsp3) is 0.545. The van der Waals surface area contributed by atoms with Gasteiger partial charge in [-0.1, -0.05) is 72.1 Å². The van der Waals surface area contributed by atoms with E-state index in [1.165, 1.54) is 23.1 Å². The van der Waals surface area contributed by atoms with Gasteiger partial charge in [-0.05, 0) is 73.3 Å². The Kier molecular flexibility index (Phi) is 16.4. The highest BCUT2D eigenvalue weighted by atomic mass is 127. The lowest BCUT2D eigenvalue weighted by atomic mass is 10.0. The highest BCUT2D eigenvalue weighted by Gasteiger charge is 2.40. The SMILES string of the molecule is C=CSC1=NCC(=O)N[C@@H]2C[C@@H](C(=O)NC(C)C(C)/C=C\CCCCI)N(C2)C(=O)CNC(=O)OCCCCOc2cccc1c2. The van der Waals surface area contributed by atoms with E-state index >= 15 is 0 Å². The van der Waals surface area contributed by atoms with Gasteiger partial charge in [0.1, 0.15) is 29.9 Å². The van der Waals surface area contributed by atoms with Gasteiger partial charge in [0, 0.05) is 24.2 Å². The summed E-state index contributed by atoms with van der Waals surface area (Å²) in [5.41, 5.74) is 0.786. The van der Waals surface area contributed by atoms with Gasteiger partial charge in [-0.2, -0.15) is 0 Å². The first-order valence-electron chi connectivity index (χ1n) is 15.8. The maximum atomic E-state index is 13.5. The molecule has 1 saturated heterocycles. The van der Waals surface area contributed by atoms with Gasteiger partial charge in [-0.25, -0.2) is 4.79 Å². The van der Waals surface area contributed by atoms with Crippen molar-refractivity contribution in [2.45, 2.75) is 70.5 Å². The van der Waals surface area contributed by atoms with Gasteiger partial charge < -0.3 is 30.3 Å². The topological polar surface area (TPSA) is 138 Å². The molecule has 2 heterocycles. The first kappa shape index (κ1) is 37.4. The molecule has 13 heteroatoms. The normalized spacial score (nSPS) is 21.5. The molecule has 252 valence electrons. The molecule has 4 bridgehead atoms. The molecule has 2 aliphatic heterocycles. The summed E-state index contributed by atoms with van der Waals surface area (Å²) in [7, 11) is 0. The number of fused-ring (bicyclic) bond motifs is 4. The van der Waals surface area contributed by atoms with Crippen LogP contribution in [0.25, 0.3) is 0 Å². The van der Waals surface area contributed by atoms with Crippen molar-refractivity contribution < 1.29 is 28.7 Å². The van der Waals surface area contributed by atoms with Crippen LogP contribution in [0.5, 0.6) is 5.75 Å². The number of alkyl carbamates (subject to hydrolysis) is 1. The predicted octanol–water partition coefficient (Wildman–Crippen LogP) is 4.60. The maximum Gasteiger partial charge on any atom is 0.407 e. The number of amides is 4. The zero-order valence-corrected chi connectivity index (χ0v) is 29.6. The van der Waals surface area contributed by atoms with Gasteiger partial charge in [-0.3, -0.25) is 19.4 Å². The number of alkyl halides is 1. The number of allylic oxidation sites excluding steroid dienone is 1. The third-order valence-electron chi connectivity index (χ3n) is 7.71. The van der Waals surface area contributed by atoms with Crippen molar-refractivity contribution in [3.8, 4) is 5.75 Å². The summed E-state index contributed by atoms with van der Waals surface area (Å²) in [4.78, 5) is 58.1. The molecule has 4 atom stereocenters. The van der Waals surface area contributed by atoms with Crippen LogP contribution in [0.1, 0.15) is 57.9 Å². The number of unbranched alkanes of at least 4 members (excludes halogenated alkanes) is 2. The first-order chi connectivity index (χ1) is 22.2. The van der Waals surface area contributed by atoms with Crippen molar-refractivity contribution in [3.05, 3.63) is 54.0 Å². The molecule has 11 nitrogen and oxygen atoms in total. The summed E-state index contributed by atoms with van der Waals surface area (Å²) in [5.74, 6) is -0.329. The third kappa shape index (κ3) is 12.6. The summed E-state index contributed by atoms with van der Waals surface area (Å²) >= 11 is 3.68. The number of benzene rings is 1. The van der Waals surface area contributed by atoms with E-state index in [4.69, 9.17) is 9.47 Å². The molecule has 2 unspecified atom stereocenters. The summed E-state index contributed by atoms with van der Waals surface area (Å²) < 4.78 is 12.2. The number of aliphatic imine (C=N–C) groups is 1. The Morgan fingerprint density at radius 1 is 1.22 bits per heavy atom. The number of nitrogens with zero attached hydrogens (tertiary/aromatic N) is 2. The van der Waals surface area contributed by atoms with Crippen LogP contribution in [0.2, 0.25) is 0 Å². The number of rotatable bonds is 9. The van der Waals surface area contributed by atoms with Crippen LogP contribution in [0, 0.1) is 5.92 Å². The number of carbonyl (C=O) groups is 4. The minimum atomic E-state index is -0.811. The van der Waals surface area contributed by atoms with Gasteiger partial charge in [0.2, 0.25) is 17.7 Å². The van der Waals surface area contributed by atoms with Crippen LogP contribution in [-0.4, -0.2) is 89.2 Å².